The molecule has 0 radical (unpaired) electrons. The van der Waals surface area contributed by atoms with Gasteiger partial charge in [0.15, 0.2) is 0 Å². The third kappa shape index (κ3) is 3.56. The molecular formula is C19H24FN3O. The first-order chi connectivity index (χ1) is 11.4. The van der Waals surface area contributed by atoms with Crippen LogP contribution < -0.4 is 4.90 Å². The fraction of sp³-hybridized carbons (Fsp3) is 0.474. The van der Waals surface area contributed by atoms with E-state index in [2.05, 4.69) is 30.7 Å². The molecule has 1 aromatic heterocycles. The molecule has 4 nitrogen and oxygen atoms in total. The Kier molecular flexibility index (Phi) is 4.54. The number of fused-ring (bicyclic) bond motifs is 1. The van der Waals surface area contributed by atoms with E-state index in [4.69, 9.17) is 9.72 Å². The molecule has 0 unspecified atom stereocenters. The molecule has 0 saturated heterocycles. The number of halogens is 1. The molecule has 0 atom stereocenters. The largest absolute Gasteiger partial charge is 0.378 e. The van der Waals surface area contributed by atoms with E-state index in [1.807, 2.05) is 12.1 Å². The monoisotopic (exact) mass is 329 g/mol. The van der Waals surface area contributed by atoms with Gasteiger partial charge in [0.25, 0.3) is 0 Å². The van der Waals surface area contributed by atoms with Gasteiger partial charge in [0.05, 0.1) is 12.3 Å². The van der Waals surface area contributed by atoms with Crippen LogP contribution in [0.15, 0.2) is 24.3 Å². The third-order valence-electron chi connectivity index (χ3n) is 4.23. The van der Waals surface area contributed by atoms with Crippen LogP contribution in [0.25, 0.3) is 0 Å². The molecule has 3 rings (SSSR count). The van der Waals surface area contributed by atoms with Gasteiger partial charge in [-0.25, -0.2) is 14.4 Å². The summed E-state index contributed by atoms with van der Waals surface area (Å²) < 4.78 is 18.6. The number of aromatic nitrogens is 2. The molecule has 0 fully saturated rings. The lowest BCUT2D eigenvalue weighted by atomic mass is 9.95. The average molecular weight is 329 g/mol. The normalized spacial score (nSPS) is 14.6. The number of hydrogen-bond acceptors (Lipinski definition) is 4. The molecule has 0 saturated carbocycles. The Hall–Kier alpha value is -2.01. The summed E-state index contributed by atoms with van der Waals surface area (Å²) in [5.41, 5.74) is 3.01. The lowest BCUT2D eigenvalue weighted by Crippen LogP contribution is -2.32. The highest BCUT2D eigenvalue weighted by Gasteiger charge is 2.23. The van der Waals surface area contributed by atoms with E-state index in [1.54, 1.807) is 13.2 Å². The fourth-order valence-electron chi connectivity index (χ4n) is 2.92. The number of methoxy groups -OCH3 is 1. The zero-order chi connectivity index (χ0) is 17.3. The molecule has 1 aliphatic rings. The highest BCUT2D eigenvalue weighted by atomic mass is 19.1. The molecule has 0 spiro atoms. The van der Waals surface area contributed by atoms with Crippen LogP contribution in [0.1, 0.15) is 43.4 Å². The summed E-state index contributed by atoms with van der Waals surface area (Å²) in [5, 5.41) is 0. The summed E-state index contributed by atoms with van der Waals surface area (Å²) in [6, 6.07) is 7.04. The minimum atomic E-state index is -0.165. The Bertz CT molecular complexity index is 740. The summed E-state index contributed by atoms with van der Waals surface area (Å²) in [6.45, 7) is 8.35. The van der Waals surface area contributed by atoms with Crippen molar-refractivity contribution in [3.8, 4) is 0 Å². The van der Waals surface area contributed by atoms with Gasteiger partial charge in [-0.05, 0) is 29.7 Å². The average Bonchev–Trinajstić information content (AvgIpc) is 2.53. The van der Waals surface area contributed by atoms with Crippen molar-refractivity contribution in [2.45, 2.75) is 45.8 Å². The van der Waals surface area contributed by atoms with Crippen molar-refractivity contribution >= 4 is 5.82 Å². The molecule has 0 amide bonds. The van der Waals surface area contributed by atoms with Gasteiger partial charge in [-0.1, -0.05) is 26.8 Å². The number of anilines is 1. The van der Waals surface area contributed by atoms with Gasteiger partial charge in [0.2, 0.25) is 0 Å². The van der Waals surface area contributed by atoms with Crippen molar-refractivity contribution in [2.24, 2.45) is 0 Å². The minimum Gasteiger partial charge on any atom is -0.378 e. The SMILES string of the molecule is COCc1cc(N2CCc3cc(F)ccc3C2)nc(C(C)(C)C)n1. The number of benzene rings is 1. The fourth-order valence-corrected chi connectivity index (χ4v) is 2.92. The maximum absolute atomic E-state index is 13.4. The molecule has 5 heteroatoms. The number of hydrogen-bond donors (Lipinski definition) is 0. The van der Waals surface area contributed by atoms with Crippen LogP contribution in [-0.4, -0.2) is 23.6 Å². The molecule has 0 aliphatic carbocycles. The van der Waals surface area contributed by atoms with Crippen molar-refractivity contribution in [2.75, 3.05) is 18.6 Å². The molecule has 1 aliphatic heterocycles. The summed E-state index contributed by atoms with van der Waals surface area (Å²) >= 11 is 0. The smallest absolute Gasteiger partial charge is 0.136 e. The van der Waals surface area contributed by atoms with Crippen LogP contribution >= 0.6 is 0 Å². The maximum atomic E-state index is 13.4. The van der Waals surface area contributed by atoms with Crippen LogP contribution in [0.5, 0.6) is 0 Å². The highest BCUT2D eigenvalue weighted by molar-refractivity contribution is 5.45. The highest BCUT2D eigenvalue weighted by Crippen LogP contribution is 2.27. The van der Waals surface area contributed by atoms with Gasteiger partial charge in [-0.15, -0.1) is 0 Å². The van der Waals surface area contributed by atoms with Gasteiger partial charge < -0.3 is 9.64 Å². The van der Waals surface area contributed by atoms with Crippen LogP contribution in [-0.2, 0) is 29.7 Å². The molecule has 24 heavy (non-hydrogen) atoms. The minimum absolute atomic E-state index is 0.130. The molecule has 0 bridgehead atoms. The van der Waals surface area contributed by atoms with Gasteiger partial charge in [0.1, 0.15) is 17.5 Å². The van der Waals surface area contributed by atoms with Crippen molar-refractivity contribution in [3.05, 3.63) is 52.7 Å². The van der Waals surface area contributed by atoms with Crippen LogP contribution in [0.3, 0.4) is 0 Å². The van der Waals surface area contributed by atoms with Crippen LogP contribution in [0.4, 0.5) is 10.2 Å². The Balaban J connectivity index is 1.94. The topological polar surface area (TPSA) is 38.2 Å². The molecule has 2 aromatic rings. The third-order valence-corrected chi connectivity index (χ3v) is 4.23. The van der Waals surface area contributed by atoms with Crippen LogP contribution in [0.2, 0.25) is 0 Å². The summed E-state index contributed by atoms with van der Waals surface area (Å²) in [6.07, 6.45) is 0.821. The first kappa shape index (κ1) is 16.8. The first-order valence-electron chi connectivity index (χ1n) is 8.26. The Morgan fingerprint density at radius 3 is 2.67 bits per heavy atom. The number of ether oxygens (including phenoxy) is 1. The van der Waals surface area contributed by atoms with E-state index in [9.17, 15) is 4.39 Å². The van der Waals surface area contributed by atoms with Gasteiger partial charge in [-0.2, -0.15) is 0 Å². The van der Waals surface area contributed by atoms with Gasteiger partial charge in [0, 0.05) is 31.7 Å². The quantitative estimate of drug-likeness (QED) is 0.862. The van der Waals surface area contributed by atoms with Crippen molar-refractivity contribution < 1.29 is 9.13 Å². The van der Waals surface area contributed by atoms with E-state index in [0.717, 1.165) is 48.0 Å². The first-order valence-corrected chi connectivity index (χ1v) is 8.26. The maximum Gasteiger partial charge on any atom is 0.136 e. The molecule has 1 aromatic carbocycles. The predicted octanol–water partition coefficient (Wildman–Crippen LogP) is 3.62. The molecular weight excluding hydrogens is 305 g/mol. The van der Waals surface area contributed by atoms with E-state index in [0.29, 0.717) is 6.61 Å². The molecule has 128 valence electrons. The zero-order valence-electron chi connectivity index (χ0n) is 14.8. The van der Waals surface area contributed by atoms with E-state index >= 15 is 0 Å². The lowest BCUT2D eigenvalue weighted by Gasteiger charge is -2.31. The van der Waals surface area contributed by atoms with E-state index in [1.165, 1.54) is 6.07 Å². The van der Waals surface area contributed by atoms with Crippen LogP contribution in [0, 0.1) is 5.82 Å². The lowest BCUT2D eigenvalue weighted by molar-refractivity contribution is 0.181. The Morgan fingerprint density at radius 2 is 1.96 bits per heavy atom. The number of rotatable bonds is 3. The Morgan fingerprint density at radius 1 is 1.17 bits per heavy atom. The zero-order valence-corrected chi connectivity index (χ0v) is 14.8. The van der Waals surface area contributed by atoms with Crippen molar-refractivity contribution in [1.82, 2.24) is 9.97 Å². The molecule has 2 heterocycles. The molecule has 0 N–H and O–H groups in total. The number of nitrogens with zero attached hydrogens (tertiary/aromatic N) is 3. The van der Waals surface area contributed by atoms with E-state index < -0.39 is 0 Å². The summed E-state index contributed by atoms with van der Waals surface area (Å²) in [7, 11) is 1.67. The van der Waals surface area contributed by atoms with Gasteiger partial charge in [-0.3, -0.25) is 0 Å². The second-order valence-electron chi connectivity index (χ2n) is 7.31. The predicted molar refractivity (Wildman–Crippen MR) is 92.6 cm³/mol. The second-order valence-corrected chi connectivity index (χ2v) is 7.31. The second kappa shape index (κ2) is 6.48. The van der Waals surface area contributed by atoms with Gasteiger partial charge >= 0.3 is 0 Å². The summed E-state index contributed by atoms with van der Waals surface area (Å²) in [4.78, 5) is 11.7. The van der Waals surface area contributed by atoms with E-state index in [-0.39, 0.29) is 11.2 Å². The van der Waals surface area contributed by atoms with Crippen molar-refractivity contribution in [3.63, 3.8) is 0 Å². The van der Waals surface area contributed by atoms with Crippen molar-refractivity contribution in [1.29, 1.82) is 0 Å². The Labute approximate surface area is 142 Å². The summed E-state index contributed by atoms with van der Waals surface area (Å²) in [5.74, 6) is 1.57. The standard InChI is InChI=1S/C19H24FN3O/c1-19(2,3)18-21-16(12-24-4)10-17(22-18)23-8-7-13-9-15(20)6-5-14(13)11-23/h5-6,9-10H,7-8,11-12H2,1-4H3.